The number of H-pyrrole nitrogens is 1. The second kappa shape index (κ2) is 9.70. The summed E-state index contributed by atoms with van der Waals surface area (Å²) in [4.78, 5) is 24.9. The zero-order chi connectivity index (χ0) is 22.5. The smallest absolute Gasteiger partial charge is 0.328 e. The number of hydrogen-bond donors (Lipinski definition) is 3. The van der Waals surface area contributed by atoms with Crippen LogP contribution in [0.15, 0.2) is 66.9 Å². The Bertz CT molecular complexity index is 1090. The lowest BCUT2D eigenvalue weighted by molar-refractivity contribution is -0.134. The van der Waals surface area contributed by atoms with Gasteiger partial charge >= 0.3 is 11.9 Å². The van der Waals surface area contributed by atoms with Gasteiger partial charge in [-0.1, -0.05) is 24.3 Å². The Labute approximate surface area is 185 Å². The van der Waals surface area contributed by atoms with Crippen LogP contribution in [0, 0.1) is 5.92 Å². The minimum absolute atomic E-state index is 0.369. The molecular formula is C25H26N2O5. The third-order valence-electron chi connectivity index (χ3n) is 5.99. The maximum absolute atomic E-state index is 9.55. The number of rotatable bonds is 5. The van der Waals surface area contributed by atoms with Gasteiger partial charge in [-0.05, 0) is 72.6 Å². The van der Waals surface area contributed by atoms with Crippen molar-refractivity contribution in [2.75, 3.05) is 19.6 Å². The molecule has 3 N–H and O–H groups in total. The molecule has 3 aromatic rings. The summed E-state index contributed by atoms with van der Waals surface area (Å²) in [5, 5.41) is 16.9. The fourth-order valence-corrected chi connectivity index (χ4v) is 4.32. The van der Waals surface area contributed by atoms with Crippen LogP contribution in [-0.2, 0) is 9.59 Å². The van der Waals surface area contributed by atoms with E-state index in [1.807, 2.05) is 6.20 Å². The van der Waals surface area contributed by atoms with Crippen LogP contribution in [0.3, 0.4) is 0 Å². The molecule has 2 bridgehead atoms. The predicted octanol–water partition coefficient (Wildman–Crippen LogP) is 4.02. The monoisotopic (exact) mass is 434 g/mol. The highest BCUT2D eigenvalue weighted by molar-refractivity contribution is 5.89. The summed E-state index contributed by atoms with van der Waals surface area (Å²) in [6, 6.07) is 17.2. The number of hydrogen-bond acceptors (Lipinski definition) is 4. The average Bonchev–Trinajstić information content (AvgIpc) is 3.27. The third kappa shape index (κ3) is 5.36. The lowest BCUT2D eigenvalue weighted by Crippen LogP contribution is -2.52. The molecule has 166 valence electrons. The van der Waals surface area contributed by atoms with Crippen molar-refractivity contribution < 1.29 is 24.5 Å². The third-order valence-corrected chi connectivity index (χ3v) is 5.99. The number of aromatic nitrogens is 1. The normalized spacial score (nSPS) is 21.8. The number of aliphatic carboxylic acids is 2. The number of nitrogens with one attached hydrogen (secondary N) is 1. The van der Waals surface area contributed by atoms with Gasteiger partial charge in [-0.2, -0.15) is 0 Å². The second-order valence-electron chi connectivity index (χ2n) is 8.11. The van der Waals surface area contributed by atoms with Gasteiger partial charge in [0.1, 0.15) is 11.9 Å². The number of piperidine rings is 3. The molecule has 3 saturated heterocycles. The first kappa shape index (κ1) is 21.6. The number of carboxylic acid groups (broad SMARTS) is 2. The van der Waals surface area contributed by atoms with Gasteiger partial charge in [0.25, 0.3) is 0 Å². The molecule has 3 aliphatic rings. The van der Waals surface area contributed by atoms with Crippen LogP contribution in [0.25, 0.3) is 22.0 Å². The molecule has 0 saturated carbocycles. The summed E-state index contributed by atoms with van der Waals surface area (Å²) in [6.45, 7) is 3.60. The summed E-state index contributed by atoms with van der Waals surface area (Å²) in [7, 11) is 0. The molecule has 7 heteroatoms. The predicted molar refractivity (Wildman–Crippen MR) is 122 cm³/mol. The minimum atomic E-state index is -1.26. The van der Waals surface area contributed by atoms with Crippen LogP contribution in [-0.4, -0.2) is 57.8 Å². The van der Waals surface area contributed by atoms with Gasteiger partial charge in [0.2, 0.25) is 0 Å². The minimum Gasteiger partial charge on any atom is -0.489 e. The summed E-state index contributed by atoms with van der Waals surface area (Å²) < 4.78 is 6.29. The Kier molecular flexibility index (Phi) is 6.56. The Balaban J connectivity index is 0.000000265. The van der Waals surface area contributed by atoms with E-state index >= 15 is 0 Å². The van der Waals surface area contributed by atoms with E-state index in [2.05, 4.69) is 58.4 Å². The molecule has 0 spiro atoms. The zero-order valence-electron chi connectivity index (χ0n) is 17.6. The molecule has 4 heterocycles. The van der Waals surface area contributed by atoms with Crippen LogP contribution in [0.2, 0.25) is 0 Å². The topological polar surface area (TPSA) is 103 Å². The van der Waals surface area contributed by atoms with Crippen LogP contribution >= 0.6 is 0 Å². The highest BCUT2D eigenvalue weighted by atomic mass is 16.5. The van der Waals surface area contributed by atoms with Crippen molar-refractivity contribution in [2.24, 2.45) is 5.92 Å². The van der Waals surface area contributed by atoms with E-state index in [4.69, 9.17) is 14.9 Å². The molecule has 1 unspecified atom stereocenters. The molecule has 1 aromatic heterocycles. The molecule has 3 aliphatic heterocycles. The van der Waals surface area contributed by atoms with Gasteiger partial charge in [-0.3, -0.25) is 4.90 Å². The van der Waals surface area contributed by atoms with Gasteiger partial charge in [-0.25, -0.2) is 9.59 Å². The maximum atomic E-state index is 9.55. The summed E-state index contributed by atoms with van der Waals surface area (Å²) in [6.07, 6.45) is 6.05. The van der Waals surface area contributed by atoms with E-state index < -0.39 is 11.9 Å². The van der Waals surface area contributed by atoms with Crippen LogP contribution in [0.5, 0.6) is 5.75 Å². The maximum Gasteiger partial charge on any atom is 0.328 e. The van der Waals surface area contributed by atoms with Gasteiger partial charge in [-0.15, -0.1) is 0 Å². The van der Waals surface area contributed by atoms with Crippen molar-refractivity contribution in [1.82, 2.24) is 9.88 Å². The number of carbonyl (C=O) groups is 2. The fraction of sp³-hybridized carbons (Fsp3) is 0.280. The number of fused-ring (bicyclic) bond motifs is 4. The molecule has 6 rings (SSSR count). The molecule has 2 aromatic carbocycles. The van der Waals surface area contributed by atoms with Crippen LogP contribution in [0.4, 0.5) is 0 Å². The molecule has 7 nitrogen and oxygen atoms in total. The van der Waals surface area contributed by atoms with E-state index in [-0.39, 0.29) is 0 Å². The highest BCUT2D eigenvalue weighted by Gasteiger charge is 2.35. The zero-order valence-corrected chi connectivity index (χ0v) is 17.6. The Morgan fingerprint density at radius 3 is 2.19 bits per heavy atom. The fourth-order valence-electron chi connectivity index (χ4n) is 4.32. The lowest BCUT2D eigenvalue weighted by atomic mass is 9.86. The molecule has 3 fully saturated rings. The van der Waals surface area contributed by atoms with Crippen molar-refractivity contribution in [3.63, 3.8) is 0 Å². The molecular weight excluding hydrogens is 408 g/mol. The van der Waals surface area contributed by atoms with Crippen molar-refractivity contribution >= 4 is 22.8 Å². The van der Waals surface area contributed by atoms with Crippen LogP contribution in [0.1, 0.15) is 12.8 Å². The highest BCUT2D eigenvalue weighted by Crippen LogP contribution is 2.32. The van der Waals surface area contributed by atoms with E-state index in [0.717, 1.165) is 18.2 Å². The van der Waals surface area contributed by atoms with Crippen molar-refractivity contribution in [3.8, 4) is 16.9 Å². The van der Waals surface area contributed by atoms with Crippen molar-refractivity contribution in [2.45, 2.75) is 18.9 Å². The standard InChI is InChI=1S/C21H22N2O.C4H4O4/c1-2-18(13-20-16(1)7-10-22-20)15-3-5-19(6-4-15)24-21-14-23-11-8-17(21)9-12-23;5-3(6)1-2-4(7)8/h1-7,10,13,17,21-22H,8-9,11-12,14H2;1-2H,(H,5,6)(H,7,8)/b;2-1+. The summed E-state index contributed by atoms with van der Waals surface area (Å²) in [5.74, 6) is -0.775. The summed E-state index contributed by atoms with van der Waals surface area (Å²) in [5.41, 5.74) is 3.65. The van der Waals surface area contributed by atoms with Gasteiger partial charge < -0.3 is 19.9 Å². The number of carboxylic acids is 2. The number of ether oxygens (including phenoxy) is 1. The summed E-state index contributed by atoms with van der Waals surface area (Å²) >= 11 is 0. The quantitative estimate of drug-likeness (QED) is 0.524. The first-order valence-electron chi connectivity index (χ1n) is 10.7. The van der Waals surface area contributed by atoms with E-state index in [9.17, 15) is 9.59 Å². The largest absolute Gasteiger partial charge is 0.489 e. The van der Waals surface area contributed by atoms with Gasteiger partial charge in [0.15, 0.2) is 0 Å². The number of benzene rings is 2. The average molecular weight is 434 g/mol. The van der Waals surface area contributed by atoms with E-state index in [1.165, 1.54) is 48.0 Å². The van der Waals surface area contributed by atoms with Crippen molar-refractivity contribution in [3.05, 3.63) is 66.9 Å². The van der Waals surface area contributed by atoms with Gasteiger partial charge in [0, 0.05) is 30.4 Å². The van der Waals surface area contributed by atoms with E-state index in [1.54, 1.807) is 0 Å². The number of nitrogens with zero attached hydrogens (tertiary/aromatic N) is 1. The second-order valence-corrected chi connectivity index (χ2v) is 8.11. The van der Waals surface area contributed by atoms with E-state index in [0.29, 0.717) is 18.3 Å². The first-order chi connectivity index (χ1) is 15.5. The molecule has 32 heavy (non-hydrogen) atoms. The van der Waals surface area contributed by atoms with Crippen LogP contribution < -0.4 is 4.74 Å². The molecule has 0 radical (unpaired) electrons. The van der Waals surface area contributed by atoms with Crippen molar-refractivity contribution in [1.29, 1.82) is 0 Å². The Morgan fingerprint density at radius 2 is 1.59 bits per heavy atom. The molecule has 1 atom stereocenters. The Morgan fingerprint density at radius 1 is 0.938 bits per heavy atom. The molecule has 0 amide bonds. The Hall–Kier alpha value is -3.58. The lowest BCUT2D eigenvalue weighted by Gasteiger charge is -2.44. The first-order valence-corrected chi connectivity index (χ1v) is 10.7. The van der Waals surface area contributed by atoms with Gasteiger partial charge in [0.05, 0.1) is 0 Å². The number of aromatic amines is 1. The molecule has 0 aliphatic carbocycles. The SMILES string of the molecule is O=C(O)/C=C/C(=O)O.c1cc2ccc(-c3ccc(OC4CN5CCC4CC5)cc3)cc2[nH]1.